The molecule has 0 aliphatic heterocycles. The SMILES string of the molecule is O=C1CCCCCC(/C2=C/CCCCCC2)=C\1O. The number of carbonyl (C=O) groups is 1. The number of ketones is 1. The highest BCUT2D eigenvalue weighted by Crippen LogP contribution is 2.30. The van der Waals surface area contributed by atoms with E-state index in [2.05, 4.69) is 6.08 Å². The van der Waals surface area contributed by atoms with Crippen molar-refractivity contribution in [3.63, 3.8) is 0 Å². The van der Waals surface area contributed by atoms with Crippen LogP contribution >= 0.6 is 0 Å². The fraction of sp³-hybridized carbons (Fsp3) is 0.688. The molecule has 100 valence electrons. The molecule has 0 radical (unpaired) electrons. The molecule has 0 aromatic rings. The minimum Gasteiger partial charge on any atom is -0.504 e. The van der Waals surface area contributed by atoms with E-state index in [1.54, 1.807) is 0 Å². The predicted octanol–water partition coefficient (Wildman–Crippen LogP) is 4.61. The molecular formula is C16H24O2. The number of rotatable bonds is 1. The summed E-state index contributed by atoms with van der Waals surface area (Å²) in [4.78, 5) is 11.8. The summed E-state index contributed by atoms with van der Waals surface area (Å²) in [5, 5.41) is 10.1. The molecule has 18 heavy (non-hydrogen) atoms. The van der Waals surface area contributed by atoms with Crippen LogP contribution < -0.4 is 0 Å². The molecule has 0 atom stereocenters. The van der Waals surface area contributed by atoms with Crippen LogP contribution in [-0.2, 0) is 4.79 Å². The summed E-state index contributed by atoms with van der Waals surface area (Å²) in [7, 11) is 0. The van der Waals surface area contributed by atoms with Crippen molar-refractivity contribution in [2.75, 3.05) is 0 Å². The standard InChI is InChI=1S/C16H24O2/c17-15-12-8-4-7-11-14(16(15)18)13-9-5-2-1-3-6-10-13/h9,18H,1-8,10-12H2/b13-9+,16-14-. The molecule has 0 heterocycles. The van der Waals surface area contributed by atoms with E-state index in [1.807, 2.05) is 0 Å². The summed E-state index contributed by atoms with van der Waals surface area (Å²) in [5.74, 6) is 0.0224. The van der Waals surface area contributed by atoms with Gasteiger partial charge in [-0.1, -0.05) is 25.3 Å². The van der Waals surface area contributed by atoms with Crippen LogP contribution in [0.2, 0.25) is 0 Å². The minimum atomic E-state index is -0.0485. The highest BCUT2D eigenvalue weighted by molar-refractivity contribution is 5.94. The fourth-order valence-corrected chi connectivity index (χ4v) is 2.95. The molecule has 2 aliphatic rings. The fourth-order valence-electron chi connectivity index (χ4n) is 2.95. The molecule has 0 saturated carbocycles. The van der Waals surface area contributed by atoms with Crippen molar-refractivity contribution in [3.05, 3.63) is 23.0 Å². The zero-order valence-electron chi connectivity index (χ0n) is 11.2. The number of Topliss-reactive ketones (excluding diaryl/α,β-unsaturated/α-hetero) is 1. The van der Waals surface area contributed by atoms with Gasteiger partial charge in [-0.05, 0) is 50.5 Å². The molecule has 0 bridgehead atoms. The second-order valence-corrected chi connectivity index (χ2v) is 5.49. The monoisotopic (exact) mass is 248 g/mol. The molecule has 2 nitrogen and oxygen atoms in total. The quantitative estimate of drug-likeness (QED) is 0.735. The number of hydrogen-bond donors (Lipinski definition) is 1. The van der Waals surface area contributed by atoms with Gasteiger partial charge in [0.1, 0.15) is 0 Å². The van der Waals surface area contributed by atoms with Gasteiger partial charge in [0.15, 0.2) is 11.5 Å². The summed E-state index contributed by atoms with van der Waals surface area (Å²) >= 11 is 0. The van der Waals surface area contributed by atoms with Crippen molar-refractivity contribution < 1.29 is 9.90 Å². The summed E-state index contributed by atoms with van der Waals surface area (Å²) < 4.78 is 0. The van der Waals surface area contributed by atoms with Gasteiger partial charge < -0.3 is 5.11 Å². The van der Waals surface area contributed by atoms with Crippen LogP contribution in [-0.4, -0.2) is 10.9 Å². The Bertz CT molecular complexity index is 363. The van der Waals surface area contributed by atoms with E-state index < -0.39 is 0 Å². The Hall–Kier alpha value is -1.05. The predicted molar refractivity (Wildman–Crippen MR) is 73.5 cm³/mol. The lowest BCUT2D eigenvalue weighted by Gasteiger charge is -2.18. The first kappa shape index (κ1) is 13.4. The molecule has 0 fully saturated rings. The third-order valence-corrected chi connectivity index (χ3v) is 4.06. The molecule has 2 aliphatic carbocycles. The van der Waals surface area contributed by atoms with Gasteiger partial charge >= 0.3 is 0 Å². The zero-order chi connectivity index (χ0) is 12.8. The highest BCUT2D eigenvalue weighted by atomic mass is 16.3. The van der Waals surface area contributed by atoms with Gasteiger partial charge in [0.2, 0.25) is 0 Å². The lowest BCUT2D eigenvalue weighted by molar-refractivity contribution is -0.118. The van der Waals surface area contributed by atoms with Gasteiger partial charge in [-0.2, -0.15) is 0 Å². The molecule has 1 N–H and O–H groups in total. The summed E-state index contributed by atoms with van der Waals surface area (Å²) in [6.07, 6.45) is 13.9. The second kappa shape index (κ2) is 6.77. The molecule has 0 aromatic carbocycles. The number of hydrogen-bond acceptors (Lipinski definition) is 2. The largest absolute Gasteiger partial charge is 0.504 e. The van der Waals surface area contributed by atoms with Crippen LogP contribution in [0.25, 0.3) is 0 Å². The Balaban J connectivity index is 2.22. The topological polar surface area (TPSA) is 37.3 Å². The van der Waals surface area contributed by atoms with Crippen LogP contribution in [0.4, 0.5) is 0 Å². The molecule has 0 amide bonds. The van der Waals surface area contributed by atoms with E-state index in [0.29, 0.717) is 6.42 Å². The number of carbonyl (C=O) groups excluding carboxylic acids is 1. The van der Waals surface area contributed by atoms with Crippen molar-refractivity contribution in [2.24, 2.45) is 0 Å². The van der Waals surface area contributed by atoms with E-state index in [1.165, 1.54) is 31.3 Å². The lowest BCUT2D eigenvalue weighted by atomic mass is 9.88. The maximum Gasteiger partial charge on any atom is 0.197 e. The summed E-state index contributed by atoms with van der Waals surface area (Å²) in [6, 6.07) is 0. The molecule has 2 heteroatoms. The number of aliphatic hydroxyl groups excluding tert-OH is 1. The molecule has 0 unspecified atom stereocenters. The Labute approximate surface area is 110 Å². The van der Waals surface area contributed by atoms with Crippen molar-refractivity contribution in [2.45, 2.75) is 70.6 Å². The van der Waals surface area contributed by atoms with E-state index >= 15 is 0 Å². The summed E-state index contributed by atoms with van der Waals surface area (Å²) in [6.45, 7) is 0. The Kier molecular flexibility index (Phi) is 5.03. The van der Waals surface area contributed by atoms with Gasteiger partial charge in [-0.3, -0.25) is 4.79 Å². The average Bonchev–Trinajstić information content (AvgIpc) is 2.32. The maximum absolute atomic E-state index is 11.8. The third kappa shape index (κ3) is 3.47. The first-order chi connectivity index (χ1) is 8.79. The molecular weight excluding hydrogens is 224 g/mol. The first-order valence-electron chi connectivity index (χ1n) is 7.44. The van der Waals surface area contributed by atoms with Crippen LogP contribution in [0.5, 0.6) is 0 Å². The van der Waals surface area contributed by atoms with Crippen molar-refractivity contribution >= 4 is 5.78 Å². The molecule has 0 saturated heterocycles. The summed E-state index contributed by atoms with van der Waals surface area (Å²) in [5.41, 5.74) is 2.21. The Morgan fingerprint density at radius 1 is 0.833 bits per heavy atom. The maximum atomic E-state index is 11.8. The first-order valence-corrected chi connectivity index (χ1v) is 7.44. The second-order valence-electron chi connectivity index (χ2n) is 5.49. The van der Waals surface area contributed by atoms with Gasteiger partial charge in [0.25, 0.3) is 0 Å². The van der Waals surface area contributed by atoms with Crippen molar-refractivity contribution in [3.8, 4) is 0 Å². The van der Waals surface area contributed by atoms with Crippen molar-refractivity contribution in [1.82, 2.24) is 0 Å². The van der Waals surface area contributed by atoms with Crippen LogP contribution in [0.15, 0.2) is 23.0 Å². The smallest absolute Gasteiger partial charge is 0.197 e. The van der Waals surface area contributed by atoms with E-state index in [-0.39, 0.29) is 11.5 Å². The lowest BCUT2D eigenvalue weighted by Crippen LogP contribution is -2.10. The molecule has 2 rings (SSSR count). The van der Waals surface area contributed by atoms with Gasteiger partial charge in [0, 0.05) is 12.0 Å². The van der Waals surface area contributed by atoms with Gasteiger partial charge in [-0.25, -0.2) is 0 Å². The van der Waals surface area contributed by atoms with Crippen LogP contribution in [0.3, 0.4) is 0 Å². The highest BCUT2D eigenvalue weighted by Gasteiger charge is 2.19. The molecule has 0 spiro atoms. The average molecular weight is 248 g/mol. The van der Waals surface area contributed by atoms with Crippen LogP contribution in [0, 0.1) is 0 Å². The van der Waals surface area contributed by atoms with Crippen LogP contribution in [0.1, 0.15) is 70.6 Å². The van der Waals surface area contributed by atoms with Gasteiger partial charge in [-0.15, -0.1) is 0 Å². The minimum absolute atomic E-state index is 0.0485. The number of allylic oxidation sites excluding steroid dienone is 4. The van der Waals surface area contributed by atoms with E-state index in [0.717, 1.165) is 44.1 Å². The van der Waals surface area contributed by atoms with E-state index in [9.17, 15) is 9.90 Å². The van der Waals surface area contributed by atoms with Gasteiger partial charge in [0.05, 0.1) is 0 Å². The normalized spacial score (nSPS) is 30.7. The third-order valence-electron chi connectivity index (χ3n) is 4.06. The van der Waals surface area contributed by atoms with Crippen molar-refractivity contribution in [1.29, 1.82) is 0 Å². The Morgan fingerprint density at radius 3 is 2.39 bits per heavy atom. The van der Waals surface area contributed by atoms with E-state index in [4.69, 9.17) is 0 Å². The molecule has 0 aromatic heterocycles. The number of aliphatic hydroxyl groups is 1. The Morgan fingerprint density at radius 2 is 1.50 bits per heavy atom. The zero-order valence-corrected chi connectivity index (χ0v) is 11.2.